The van der Waals surface area contributed by atoms with Crippen molar-refractivity contribution in [3.63, 3.8) is 0 Å². The summed E-state index contributed by atoms with van der Waals surface area (Å²) >= 11 is 0. The molecule has 4 heteroatoms. The van der Waals surface area contributed by atoms with Gasteiger partial charge in [-0.15, -0.1) is 0 Å². The molecule has 1 heterocycles. The van der Waals surface area contributed by atoms with Gasteiger partial charge in [-0.2, -0.15) is 0 Å². The monoisotopic (exact) mass is 287 g/mol. The van der Waals surface area contributed by atoms with Crippen LogP contribution in [-0.4, -0.2) is 43.5 Å². The molecular weight excluding hydrogens is 262 g/mol. The van der Waals surface area contributed by atoms with Crippen molar-refractivity contribution in [2.45, 2.75) is 20.4 Å². The lowest BCUT2D eigenvalue weighted by atomic mass is 10.1. The first-order valence-corrected chi connectivity index (χ1v) is 7.57. The summed E-state index contributed by atoms with van der Waals surface area (Å²) in [6.45, 7) is 12.3. The molecule has 0 saturated heterocycles. The van der Waals surface area contributed by atoms with Gasteiger partial charge < -0.3 is 15.1 Å². The van der Waals surface area contributed by atoms with Gasteiger partial charge in [0.15, 0.2) is 0 Å². The predicted octanol–water partition coefficient (Wildman–Crippen LogP) is 2.02. The first kappa shape index (κ1) is 15.6. The Balaban J connectivity index is 2.11. The van der Waals surface area contributed by atoms with Crippen molar-refractivity contribution in [3.8, 4) is 0 Å². The molecule has 0 aromatic heterocycles. The molecule has 0 spiro atoms. The van der Waals surface area contributed by atoms with Gasteiger partial charge >= 0.3 is 0 Å². The molecule has 0 saturated carbocycles. The van der Waals surface area contributed by atoms with Crippen LogP contribution in [0, 0.1) is 0 Å². The van der Waals surface area contributed by atoms with E-state index in [1.807, 2.05) is 30.9 Å². The molecule has 1 aromatic carbocycles. The maximum Gasteiger partial charge on any atom is 0.242 e. The molecule has 0 radical (unpaired) electrons. The third kappa shape index (κ3) is 4.08. The molecule has 21 heavy (non-hydrogen) atoms. The van der Waals surface area contributed by atoms with E-state index >= 15 is 0 Å². The molecule has 1 aromatic rings. The van der Waals surface area contributed by atoms with Gasteiger partial charge in [0.2, 0.25) is 5.91 Å². The van der Waals surface area contributed by atoms with E-state index in [9.17, 15) is 4.79 Å². The second-order valence-corrected chi connectivity index (χ2v) is 5.59. The Bertz CT molecular complexity index is 513. The summed E-state index contributed by atoms with van der Waals surface area (Å²) in [5.74, 6) is 0.164. The SMILES string of the molecule is C=C(C)CN(CC)C(=O)CN1CCNCc2ccccc21. The molecule has 1 aliphatic heterocycles. The van der Waals surface area contributed by atoms with E-state index < -0.39 is 0 Å². The van der Waals surface area contributed by atoms with Gasteiger partial charge in [-0.25, -0.2) is 0 Å². The standard InChI is InChI=1S/C17H25N3O/c1-4-19(12-14(2)3)17(21)13-20-10-9-18-11-15-7-5-6-8-16(15)20/h5-8,18H,2,4,9-13H2,1,3H3. The second-order valence-electron chi connectivity index (χ2n) is 5.59. The van der Waals surface area contributed by atoms with Crippen molar-refractivity contribution >= 4 is 11.6 Å². The highest BCUT2D eigenvalue weighted by atomic mass is 16.2. The number of carbonyl (C=O) groups excluding carboxylic acids is 1. The molecule has 0 fully saturated rings. The van der Waals surface area contributed by atoms with Gasteiger partial charge in [-0.05, 0) is 25.5 Å². The molecule has 114 valence electrons. The summed E-state index contributed by atoms with van der Waals surface area (Å²) in [4.78, 5) is 16.6. The fraction of sp³-hybridized carbons (Fsp3) is 0.471. The van der Waals surface area contributed by atoms with Gasteiger partial charge in [-0.1, -0.05) is 30.4 Å². The lowest BCUT2D eigenvalue weighted by molar-refractivity contribution is -0.129. The zero-order valence-electron chi connectivity index (χ0n) is 13.1. The number of para-hydroxylation sites is 1. The van der Waals surface area contributed by atoms with Gasteiger partial charge in [0.1, 0.15) is 0 Å². The molecule has 1 amide bonds. The summed E-state index contributed by atoms with van der Waals surface area (Å²) in [6.07, 6.45) is 0. The van der Waals surface area contributed by atoms with Crippen LogP contribution in [0.25, 0.3) is 0 Å². The first-order valence-electron chi connectivity index (χ1n) is 7.57. The second kappa shape index (κ2) is 7.27. The number of benzene rings is 1. The van der Waals surface area contributed by atoms with E-state index in [1.165, 1.54) is 11.3 Å². The maximum absolute atomic E-state index is 12.5. The highest BCUT2D eigenvalue weighted by Gasteiger charge is 2.20. The number of hydrogen-bond donors (Lipinski definition) is 1. The lowest BCUT2D eigenvalue weighted by Crippen LogP contribution is -2.42. The first-order chi connectivity index (χ1) is 10.1. The predicted molar refractivity (Wildman–Crippen MR) is 87.4 cm³/mol. The molecule has 0 atom stereocenters. The van der Waals surface area contributed by atoms with Crippen LogP contribution >= 0.6 is 0 Å². The number of likely N-dealkylation sites (N-methyl/N-ethyl adjacent to an activating group) is 1. The molecule has 2 rings (SSSR count). The Morgan fingerprint density at radius 3 is 2.90 bits per heavy atom. The fourth-order valence-corrected chi connectivity index (χ4v) is 2.66. The number of fused-ring (bicyclic) bond motifs is 1. The smallest absolute Gasteiger partial charge is 0.242 e. The van der Waals surface area contributed by atoms with E-state index in [4.69, 9.17) is 0 Å². The topological polar surface area (TPSA) is 35.6 Å². The Morgan fingerprint density at radius 1 is 1.43 bits per heavy atom. The van der Waals surface area contributed by atoms with E-state index in [0.29, 0.717) is 13.1 Å². The molecule has 4 nitrogen and oxygen atoms in total. The van der Waals surface area contributed by atoms with Crippen LogP contribution in [0.4, 0.5) is 5.69 Å². The van der Waals surface area contributed by atoms with Crippen molar-refractivity contribution in [1.82, 2.24) is 10.2 Å². The van der Waals surface area contributed by atoms with Gasteiger partial charge in [-0.3, -0.25) is 4.79 Å². The normalized spacial score (nSPS) is 14.3. The van der Waals surface area contributed by atoms with Crippen LogP contribution in [0.15, 0.2) is 36.4 Å². The minimum Gasteiger partial charge on any atom is -0.361 e. The number of amides is 1. The minimum absolute atomic E-state index is 0.164. The minimum atomic E-state index is 0.164. The zero-order valence-corrected chi connectivity index (χ0v) is 13.1. The molecule has 1 aliphatic rings. The van der Waals surface area contributed by atoms with Crippen molar-refractivity contribution in [2.75, 3.05) is 37.6 Å². The third-order valence-electron chi connectivity index (χ3n) is 3.73. The number of carbonyl (C=O) groups is 1. The molecule has 0 bridgehead atoms. The average molecular weight is 287 g/mol. The van der Waals surface area contributed by atoms with Crippen LogP contribution in [0.5, 0.6) is 0 Å². The van der Waals surface area contributed by atoms with E-state index in [2.05, 4.69) is 28.9 Å². The maximum atomic E-state index is 12.5. The summed E-state index contributed by atoms with van der Waals surface area (Å²) in [7, 11) is 0. The quantitative estimate of drug-likeness (QED) is 0.842. The highest BCUT2D eigenvalue weighted by Crippen LogP contribution is 2.21. The zero-order chi connectivity index (χ0) is 15.2. The van der Waals surface area contributed by atoms with Gasteiger partial charge in [0.25, 0.3) is 0 Å². The van der Waals surface area contributed by atoms with Crippen molar-refractivity contribution < 1.29 is 4.79 Å². The van der Waals surface area contributed by atoms with E-state index in [-0.39, 0.29) is 5.91 Å². The number of nitrogens with zero attached hydrogens (tertiary/aromatic N) is 2. The summed E-state index contributed by atoms with van der Waals surface area (Å²) in [5, 5.41) is 3.40. The third-order valence-corrected chi connectivity index (χ3v) is 3.73. The van der Waals surface area contributed by atoms with Crippen LogP contribution in [0.3, 0.4) is 0 Å². The highest BCUT2D eigenvalue weighted by molar-refractivity contribution is 5.82. The lowest BCUT2D eigenvalue weighted by Gasteiger charge is -2.28. The van der Waals surface area contributed by atoms with Crippen LogP contribution in [0.1, 0.15) is 19.4 Å². The van der Waals surface area contributed by atoms with Gasteiger partial charge in [0.05, 0.1) is 6.54 Å². The molecule has 1 N–H and O–H groups in total. The van der Waals surface area contributed by atoms with E-state index in [1.54, 1.807) is 0 Å². The van der Waals surface area contributed by atoms with Crippen molar-refractivity contribution in [1.29, 1.82) is 0 Å². The Labute approximate surface area is 127 Å². The number of hydrogen-bond acceptors (Lipinski definition) is 3. The molecule has 0 unspecified atom stereocenters. The summed E-state index contributed by atoms with van der Waals surface area (Å²) < 4.78 is 0. The van der Waals surface area contributed by atoms with Gasteiger partial charge in [0, 0.05) is 38.4 Å². The van der Waals surface area contributed by atoms with Crippen LogP contribution < -0.4 is 10.2 Å². The largest absolute Gasteiger partial charge is 0.361 e. The van der Waals surface area contributed by atoms with Crippen LogP contribution in [-0.2, 0) is 11.3 Å². The number of nitrogens with one attached hydrogen (secondary N) is 1. The van der Waals surface area contributed by atoms with Crippen LogP contribution in [0.2, 0.25) is 0 Å². The summed E-state index contributed by atoms with van der Waals surface area (Å²) in [6, 6.07) is 8.31. The average Bonchev–Trinajstić information content (AvgIpc) is 2.67. The molecule has 0 aliphatic carbocycles. The fourth-order valence-electron chi connectivity index (χ4n) is 2.66. The molecular formula is C17H25N3O. The van der Waals surface area contributed by atoms with Crippen molar-refractivity contribution in [3.05, 3.63) is 42.0 Å². The van der Waals surface area contributed by atoms with E-state index in [0.717, 1.165) is 31.8 Å². The Hall–Kier alpha value is -1.81. The Morgan fingerprint density at radius 2 is 2.19 bits per heavy atom. The number of anilines is 1. The summed E-state index contributed by atoms with van der Waals surface area (Å²) in [5.41, 5.74) is 3.44. The Kier molecular flexibility index (Phi) is 5.39. The number of rotatable bonds is 5. The van der Waals surface area contributed by atoms with Crippen molar-refractivity contribution in [2.24, 2.45) is 0 Å².